The van der Waals surface area contributed by atoms with Crippen molar-refractivity contribution in [3.63, 3.8) is 0 Å². The highest BCUT2D eigenvalue weighted by Crippen LogP contribution is 2.29. The first-order chi connectivity index (χ1) is 9.80. The Balaban J connectivity index is 2.30. The molecule has 6 heteroatoms. The SMILES string of the molecule is CC(C)COCCNCC(O)c1ccc(C(F)(F)F)cc1. The summed E-state index contributed by atoms with van der Waals surface area (Å²) in [4.78, 5) is 0. The number of rotatable bonds is 8. The minimum atomic E-state index is -4.35. The van der Waals surface area contributed by atoms with Crippen LogP contribution >= 0.6 is 0 Å². The average molecular weight is 305 g/mol. The number of alkyl halides is 3. The molecule has 2 N–H and O–H groups in total. The van der Waals surface area contributed by atoms with Gasteiger partial charge in [-0.3, -0.25) is 0 Å². The number of aliphatic hydroxyl groups excluding tert-OH is 1. The number of nitrogens with one attached hydrogen (secondary N) is 1. The number of benzene rings is 1. The maximum Gasteiger partial charge on any atom is 0.416 e. The fraction of sp³-hybridized carbons (Fsp3) is 0.600. The third-order valence-electron chi connectivity index (χ3n) is 2.83. The second kappa shape index (κ2) is 8.36. The van der Waals surface area contributed by atoms with E-state index in [1.54, 1.807) is 0 Å². The molecule has 1 unspecified atom stereocenters. The summed E-state index contributed by atoms with van der Waals surface area (Å²) in [6, 6.07) is 4.55. The predicted octanol–water partition coefficient (Wildman–Crippen LogP) is 3.00. The summed E-state index contributed by atoms with van der Waals surface area (Å²) < 4.78 is 42.6. The lowest BCUT2D eigenvalue weighted by Gasteiger charge is -2.14. The molecule has 0 fully saturated rings. The van der Waals surface area contributed by atoms with E-state index in [-0.39, 0.29) is 6.54 Å². The van der Waals surface area contributed by atoms with Crippen molar-refractivity contribution < 1.29 is 23.0 Å². The van der Waals surface area contributed by atoms with Crippen LogP contribution in [0.4, 0.5) is 13.2 Å². The molecule has 0 aliphatic rings. The van der Waals surface area contributed by atoms with Gasteiger partial charge in [0.25, 0.3) is 0 Å². The topological polar surface area (TPSA) is 41.5 Å². The smallest absolute Gasteiger partial charge is 0.387 e. The highest BCUT2D eigenvalue weighted by atomic mass is 19.4. The lowest BCUT2D eigenvalue weighted by molar-refractivity contribution is -0.137. The van der Waals surface area contributed by atoms with Crippen molar-refractivity contribution in [3.8, 4) is 0 Å². The molecular weight excluding hydrogens is 283 g/mol. The Morgan fingerprint density at radius 3 is 2.33 bits per heavy atom. The van der Waals surface area contributed by atoms with Crippen LogP contribution in [-0.4, -0.2) is 31.4 Å². The number of hydrogen-bond acceptors (Lipinski definition) is 3. The van der Waals surface area contributed by atoms with Crippen LogP contribution in [0.3, 0.4) is 0 Å². The van der Waals surface area contributed by atoms with E-state index in [2.05, 4.69) is 19.2 Å². The van der Waals surface area contributed by atoms with Gasteiger partial charge in [0.2, 0.25) is 0 Å². The largest absolute Gasteiger partial charge is 0.416 e. The van der Waals surface area contributed by atoms with Crippen LogP contribution in [0.15, 0.2) is 24.3 Å². The summed E-state index contributed by atoms with van der Waals surface area (Å²) in [5, 5.41) is 12.9. The molecule has 0 aliphatic carbocycles. The highest BCUT2D eigenvalue weighted by molar-refractivity contribution is 5.26. The molecule has 0 aliphatic heterocycles. The van der Waals surface area contributed by atoms with E-state index in [0.717, 1.165) is 12.1 Å². The van der Waals surface area contributed by atoms with Gasteiger partial charge in [0.1, 0.15) is 0 Å². The van der Waals surface area contributed by atoms with Gasteiger partial charge in [-0.2, -0.15) is 13.2 Å². The van der Waals surface area contributed by atoms with Crippen molar-refractivity contribution in [3.05, 3.63) is 35.4 Å². The average Bonchev–Trinajstić information content (AvgIpc) is 2.41. The Labute approximate surface area is 123 Å². The third kappa shape index (κ3) is 6.93. The van der Waals surface area contributed by atoms with Crippen LogP contribution < -0.4 is 5.32 Å². The van der Waals surface area contributed by atoms with E-state index >= 15 is 0 Å². The van der Waals surface area contributed by atoms with E-state index < -0.39 is 17.8 Å². The fourth-order valence-electron chi connectivity index (χ4n) is 1.71. The van der Waals surface area contributed by atoms with Crippen LogP contribution in [0.1, 0.15) is 31.1 Å². The third-order valence-corrected chi connectivity index (χ3v) is 2.83. The van der Waals surface area contributed by atoms with Gasteiger partial charge in [-0.1, -0.05) is 26.0 Å². The molecule has 0 radical (unpaired) electrons. The van der Waals surface area contributed by atoms with Crippen LogP contribution in [0.25, 0.3) is 0 Å². The van der Waals surface area contributed by atoms with Gasteiger partial charge in [-0.15, -0.1) is 0 Å². The van der Waals surface area contributed by atoms with Gasteiger partial charge in [-0.25, -0.2) is 0 Å². The maximum atomic E-state index is 12.4. The van der Waals surface area contributed by atoms with Crippen molar-refractivity contribution >= 4 is 0 Å². The summed E-state index contributed by atoms with van der Waals surface area (Å²) in [7, 11) is 0. The Kier molecular flexibility index (Phi) is 7.14. The molecule has 1 aromatic carbocycles. The molecule has 0 spiro atoms. The van der Waals surface area contributed by atoms with Crippen molar-refractivity contribution in [1.82, 2.24) is 5.32 Å². The van der Waals surface area contributed by atoms with Crippen LogP contribution in [0, 0.1) is 5.92 Å². The second-order valence-electron chi connectivity index (χ2n) is 5.31. The highest BCUT2D eigenvalue weighted by Gasteiger charge is 2.30. The van der Waals surface area contributed by atoms with Gasteiger partial charge in [0.05, 0.1) is 18.3 Å². The summed E-state index contributed by atoms with van der Waals surface area (Å²) in [5.41, 5.74) is -0.257. The zero-order valence-electron chi connectivity index (χ0n) is 12.3. The van der Waals surface area contributed by atoms with E-state index in [4.69, 9.17) is 4.74 Å². The lowest BCUT2D eigenvalue weighted by atomic mass is 10.1. The van der Waals surface area contributed by atoms with Crippen LogP contribution in [0.5, 0.6) is 0 Å². The molecule has 0 saturated carbocycles. The molecule has 0 saturated heterocycles. The standard InChI is InChI=1S/C15H22F3NO2/c1-11(2)10-21-8-7-19-9-14(20)12-3-5-13(6-4-12)15(16,17)18/h3-6,11,14,19-20H,7-10H2,1-2H3. The molecule has 21 heavy (non-hydrogen) atoms. The first-order valence-electron chi connectivity index (χ1n) is 6.94. The monoisotopic (exact) mass is 305 g/mol. The summed E-state index contributed by atoms with van der Waals surface area (Å²) in [6.45, 7) is 6.20. The fourth-order valence-corrected chi connectivity index (χ4v) is 1.71. The minimum Gasteiger partial charge on any atom is -0.387 e. The predicted molar refractivity (Wildman–Crippen MR) is 74.9 cm³/mol. The summed E-state index contributed by atoms with van der Waals surface area (Å²) in [6.07, 6.45) is -5.19. The van der Waals surface area contributed by atoms with Crippen molar-refractivity contribution in [1.29, 1.82) is 0 Å². The summed E-state index contributed by atoms with van der Waals surface area (Å²) >= 11 is 0. The number of halogens is 3. The lowest BCUT2D eigenvalue weighted by Crippen LogP contribution is -2.25. The molecule has 1 aromatic rings. The van der Waals surface area contributed by atoms with Gasteiger partial charge in [-0.05, 0) is 23.6 Å². The Morgan fingerprint density at radius 1 is 1.19 bits per heavy atom. The van der Waals surface area contributed by atoms with E-state index in [1.807, 2.05) is 0 Å². The first kappa shape index (κ1) is 17.9. The first-order valence-corrected chi connectivity index (χ1v) is 6.94. The van der Waals surface area contributed by atoms with Crippen LogP contribution in [-0.2, 0) is 10.9 Å². The van der Waals surface area contributed by atoms with Gasteiger partial charge >= 0.3 is 6.18 Å². The molecule has 0 heterocycles. The normalized spacial score (nSPS) is 13.7. The van der Waals surface area contributed by atoms with Crippen molar-refractivity contribution in [2.45, 2.75) is 26.1 Å². The number of ether oxygens (including phenoxy) is 1. The Morgan fingerprint density at radius 2 is 1.81 bits per heavy atom. The second-order valence-corrected chi connectivity index (χ2v) is 5.31. The van der Waals surface area contributed by atoms with Gasteiger partial charge in [0.15, 0.2) is 0 Å². The molecule has 0 bridgehead atoms. The molecule has 120 valence electrons. The zero-order valence-corrected chi connectivity index (χ0v) is 12.3. The summed E-state index contributed by atoms with van der Waals surface area (Å²) in [5.74, 6) is 0.475. The molecule has 0 amide bonds. The number of hydrogen-bond donors (Lipinski definition) is 2. The molecule has 3 nitrogen and oxygen atoms in total. The van der Waals surface area contributed by atoms with E-state index in [1.165, 1.54) is 12.1 Å². The quantitative estimate of drug-likeness (QED) is 0.726. The Hall–Kier alpha value is -1.11. The van der Waals surface area contributed by atoms with E-state index in [9.17, 15) is 18.3 Å². The molecule has 1 rings (SSSR count). The molecule has 1 atom stereocenters. The van der Waals surface area contributed by atoms with E-state index in [0.29, 0.717) is 31.2 Å². The molecule has 0 aromatic heterocycles. The maximum absolute atomic E-state index is 12.4. The van der Waals surface area contributed by atoms with Crippen molar-refractivity contribution in [2.24, 2.45) is 5.92 Å². The molecular formula is C15H22F3NO2. The van der Waals surface area contributed by atoms with Gasteiger partial charge < -0.3 is 15.2 Å². The minimum absolute atomic E-state index is 0.274. The van der Waals surface area contributed by atoms with Crippen molar-refractivity contribution in [2.75, 3.05) is 26.3 Å². The Bertz CT molecular complexity index is 404. The number of aliphatic hydroxyl groups is 1. The zero-order chi connectivity index (χ0) is 15.9. The van der Waals surface area contributed by atoms with Gasteiger partial charge in [0, 0.05) is 19.7 Å². The van der Waals surface area contributed by atoms with Crippen LogP contribution in [0.2, 0.25) is 0 Å².